The molecule has 1 aromatic heterocycles. The summed E-state index contributed by atoms with van der Waals surface area (Å²) in [4.78, 5) is 15.2. The van der Waals surface area contributed by atoms with Gasteiger partial charge in [-0.25, -0.2) is 0 Å². The first kappa shape index (κ1) is 15.4. The highest BCUT2D eigenvalue weighted by Crippen LogP contribution is 2.39. The number of anilines is 1. The fraction of sp³-hybridized carbons (Fsp3) is 0.474. The van der Waals surface area contributed by atoms with Crippen molar-refractivity contribution in [1.82, 2.24) is 9.78 Å². The number of amides is 1. The summed E-state index contributed by atoms with van der Waals surface area (Å²) < 4.78 is 7.87. The average Bonchev–Trinajstić information content (AvgIpc) is 3.32. The lowest BCUT2D eigenvalue weighted by molar-refractivity contribution is -0.124. The summed E-state index contributed by atoms with van der Waals surface area (Å²) in [6.07, 6.45) is 3.32. The van der Waals surface area contributed by atoms with E-state index < -0.39 is 0 Å². The third-order valence-electron chi connectivity index (χ3n) is 5.28. The molecule has 24 heavy (non-hydrogen) atoms. The van der Waals surface area contributed by atoms with E-state index in [4.69, 9.17) is 4.74 Å². The summed E-state index contributed by atoms with van der Waals surface area (Å²) in [5, 5.41) is 4.33. The van der Waals surface area contributed by atoms with Gasteiger partial charge in [-0.15, -0.1) is 0 Å². The molecule has 1 amide bonds. The minimum Gasteiger partial charge on any atom is -0.371 e. The minimum absolute atomic E-state index is 0.126. The van der Waals surface area contributed by atoms with E-state index in [2.05, 4.69) is 31.1 Å². The van der Waals surface area contributed by atoms with Crippen LogP contribution in [-0.4, -0.2) is 28.8 Å². The molecule has 2 atom stereocenters. The molecule has 2 aromatic rings. The van der Waals surface area contributed by atoms with Gasteiger partial charge in [-0.3, -0.25) is 9.48 Å². The molecule has 4 rings (SSSR count). The van der Waals surface area contributed by atoms with Crippen LogP contribution in [0, 0.1) is 12.8 Å². The number of carbonyl (C=O) groups is 1. The molecule has 1 fully saturated rings. The topological polar surface area (TPSA) is 47.4 Å². The number of hydrogen-bond acceptors (Lipinski definition) is 3. The van der Waals surface area contributed by atoms with Crippen molar-refractivity contribution >= 4 is 11.6 Å². The van der Waals surface area contributed by atoms with E-state index in [1.807, 2.05) is 21.7 Å². The second-order valence-electron chi connectivity index (χ2n) is 6.57. The van der Waals surface area contributed by atoms with Gasteiger partial charge < -0.3 is 9.64 Å². The van der Waals surface area contributed by atoms with Crippen molar-refractivity contribution in [2.45, 2.75) is 39.3 Å². The summed E-state index contributed by atoms with van der Waals surface area (Å²) in [6, 6.07) is 8.19. The summed E-state index contributed by atoms with van der Waals surface area (Å²) in [6.45, 7) is 6.37. The number of hydrogen-bond donors (Lipinski definition) is 0. The van der Waals surface area contributed by atoms with Gasteiger partial charge in [0.05, 0.1) is 11.6 Å². The first-order valence-corrected chi connectivity index (χ1v) is 8.74. The van der Waals surface area contributed by atoms with Crippen LogP contribution in [0.2, 0.25) is 0 Å². The average molecular weight is 325 g/mol. The Morgan fingerprint density at radius 3 is 3.08 bits per heavy atom. The number of ether oxygens (including phenoxy) is 1. The lowest BCUT2D eigenvalue weighted by Gasteiger charge is -2.25. The standard InChI is InChI=1S/C19H23N3O2/c1-3-22-17(7-10-20-22)18-15(9-12-24-18)19(23)21-11-8-14-13(2)5-4-6-16(14)21/h4-7,10,15,18H,3,8-9,11-12H2,1-2H3/t15-,18-/m1/s1. The number of benzene rings is 1. The van der Waals surface area contributed by atoms with Crippen molar-refractivity contribution in [3.8, 4) is 0 Å². The second-order valence-corrected chi connectivity index (χ2v) is 6.57. The van der Waals surface area contributed by atoms with Crippen molar-refractivity contribution in [3.05, 3.63) is 47.3 Å². The first-order valence-electron chi connectivity index (χ1n) is 8.74. The highest BCUT2D eigenvalue weighted by atomic mass is 16.5. The zero-order chi connectivity index (χ0) is 16.7. The largest absolute Gasteiger partial charge is 0.371 e. The van der Waals surface area contributed by atoms with Crippen LogP contribution in [0.3, 0.4) is 0 Å². The Hall–Kier alpha value is -2.14. The maximum atomic E-state index is 13.2. The highest BCUT2D eigenvalue weighted by molar-refractivity contribution is 5.97. The quantitative estimate of drug-likeness (QED) is 0.872. The van der Waals surface area contributed by atoms with E-state index >= 15 is 0 Å². The molecule has 126 valence electrons. The van der Waals surface area contributed by atoms with Crippen LogP contribution in [0.25, 0.3) is 0 Å². The predicted octanol–water partition coefficient (Wildman–Crippen LogP) is 2.88. The van der Waals surface area contributed by atoms with E-state index in [1.165, 1.54) is 11.1 Å². The molecule has 0 bridgehead atoms. The molecule has 0 radical (unpaired) electrons. The summed E-state index contributed by atoms with van der Waals surface area (Å²) >= 11 is 0. The maximum absolute atomic E-state index is 13.2. The third-order valence-corrected chi connectivity index (χ3v) is 5.28. The monoisotopic (exact) mass is 325 g/mol. The van der Waals surface area contributed by atoms with Gasteiger partial charge in [0.25, 0.3) is 0 Å². The zero-order valence-electron chi connectivity index (χ0n) is 14.2. The smallest absolute Gasteiger partial charge is 0.233 e. The summed E-state index contributed by atoms with van der Waals surface area (Å²) in [7, 11) is 0. The fourth-order valence-electron chi connectivity index (χ4n) is 4.02. The molecule has 1 saturated heterocycles. The van der Waals surface area contributed by atoms with Gasteiger partial charge >= 0.3 is 0 Å². The Balaban J connectivity index is 1.62. The molecule has 1 aromatic carbocycles. The second kappa shape index (κ2) is 6.06. The lowest BCUT2D eigenvalue weighted by Crippen LogP contribution is -2.36. The number of aryl methyl sites for hydroxylation is 2. The molecular weight excluding hydrogens is 302 g/mol. The van der Waals surface area contributed by atoms with Crippen LogP contribution in [-0.2, 0) is 22.5 Å². The summed E-state index contributed by atoms with van der Waals surface area (Å²) in [5.41, 5.74) is 4.66. The van der Waals surface area contributed by atoms with E-state index in [1.54, 1.807) is 6.20 Å². The third kappa shape index (κ3) is 2.35. The number of rotatable bonds is 3. The van der Waals surface area contributed by atoms with E-state index in [0.717, 1.165) is 37.3 Å². The van der Waals surface area contributed by atoms with Gasteiger partial charge in [0.1, 0.15) is 6.10 Å². The Labute approximate surface area is 142 Å². The van der Waals surface area contributed by atoms with Crippen LogP contribution < -0.4 is 4.90 Å². The van der Waals surface area contributed by atoms with Gasteiger partial charge in [-0.05, 0) is 49.9 Å². The molecule has 2 aliphatic heterocycles. The lowest BCUT2D eigenvalue weighted by atomic mass is 9.97. The zero-order valence-corrected chi connectivity index (χ0v) is 14.2. The van der Waals surface area contributed by atoms with Crippen LogP contribution in [0.5, 0.6) is 0 Å². The summed E-state index contributed by atoms with van der Waals surface area (Å²) in [5.74, 6) is 0.0594. The van der Waals surface area contributed by atoms with Crippen LogP contribution in [0.1, 0.15) is 36.3 Å². The molecule has 0 unspecified atom stereocenters. The number of carbonyl (C=O) groups excluding carboxylic acids is 1. The molecule has 0 aliphatic carbocycles. The van der Waals surface area contributed by atoms with Gasteiger partial charge in [-0.1, -0.05) is 12.1 Å². The fourth-order valence-corrected chi connectivity index (χ4v) is 4.02. The van der Waals surface area contributed by atoms with Crippen LogP contribution in [0.15, 0.2) is 30.5 Å². The Morgan fingerprint density at radius 2 is 2.25 bits per heavy atom. The Morgan fingerprint density at radius 1 is 1.38 bits per heavy atom. The van der Waals surface area contributed by atoms with Crippen LogP contribution in [0.4, 0.5) is 5.69 Å². The van der Waals surface area contributed by atoms with Gasteiger partial charge in [0.2, 0.25) is 5.91 Å². The predicted molar refractivity (Wildman–Crippen MR) is 91.9 cm³/mol. The van der Waals surface area contributed by atoms with Crippen molar-refractivity contribution in [3.63, 3.8) is 0 Å². The van der Waals surface area contributed by atoms with Crippen molar-refractivity contribution in [2.75, 3.05) is 18.1 Å². The number of nitrogens with zero attached hydrogens (tertiary/aromatic N) is 3. The number of aromatic nitrogens is 2. The molecular formula is C19H23N3O2. The molecule has 0 spiro atoms. The van der Waals surface area contributed by atoms with Crippen molar-refractivity contribution in [1.29, 1.82) is 0 Å². The van der Waals surface area contributed by atoms with Gasteiger partial charge in [0, 0.05) is 31.6 Å². The molecule has 0 saturated carbocycles. The van der Waals surface area contributed by atoms with E-state index in [9.17, 15) is 4.79 Å². The number of fused-ring (bicyclic) bond motifs is 1. The Bertz CT molecular complexity index is 768. The van der Waals surface area contributed by atoms with Gasteiger partial charge in [-0.2, -0.15) is 5.10 Å². The molecule has 0 N–H and O–H groups in total. The molecule has 3 heterocycles. The maximum Gasteiger partial charge on any atom is 0.233 e. The minimum atomic E-state index is -0.186. The van der Waals surface area contributed by atoms with Crippen LogP contribution >= 0.6 is 0 Å². The highest BCUT2D eigenvalue weighted by Gasteiger charge is 2.40. The molecule has 5 heteroatoms. The SMILES string of the molecule is CCn1nccc1[C@@H]1OCC[C@H]1C(=O)N1CCc2c(C)cccc21. The molecule has 5 nitrogen and oxygen atoms in total. The van der Waals surface area contributed by atoms with Gasteiger partial charge in [0.15, 0.2) is 0 Å². The normalized spacial score (nSPS) is 22.8. The van der Waals surface area contributed by atoms with E-state index in [-0.39, 0.29) is 17.9 Å². The first-order chi connectivity index (χ1) is 11.7. The van der Waals surface area contributed by atoms with Crippen molar-refractivity contribution in [2.24, 2.45) is 5.92 Å². The molecule has 2 aliphatic rings. The Kier molecular flexibility index (Phi) is 3.88. The van der Waals surface area contributed by atoms with E-state index in [0.29, 0.717) is 6.61 Å². The van der Waals surface area contributed by atoms with Crippen molar-refractivity contribution < 1.29 is 9.53 Å².